The Morgan fingerprint density at radius 3 is 2.20 bits per heavy atom. The van der Waals surface area contributed by atoms with Crippen LogP contribution in [-0.4, -0.2) is 85.7 Å². The number of rotatable bonds is 8. The molecule has 1 saturated heterocycles. The van der Waals surface area contributed by atoms with Crippen LogP contribution in [-0.2, 0) is 32.0 Å². The number of aliphatic hydroxyl groups excluding tert-OH is 2. The number of carbonyl (C=O) groups is 4. The van der Waals surface area contributed by atoms with Crippen molar-refractivity contribution in [2.24, 2.45) is 5.11 Å². The Morgan fingerprint density at radius 2 is 1.63 bits per heavy atom. The summed E-state index contributed by atoms with van der Waals surface area (Å²) in [6.07, 6.45) is -9.11. The van der Waals surface area contributed by atoms with Crippen LogP contribution in [0.25, 0.3) is 10.4 Å². The van der Waals surface area contributed by atoms with Crippen molar-refractivity contribution in [3.63, 3.8) is 0 Å². The first kappa shape index (κ1) is 38.1. The number of benzene rings is 3. The molecule has 6 atom stereocenters. The predicted molar refractivity (Wildman–Crippen MR) is 169 cm³/mol. The molecule has 54 heavy (non-hydrogen) atoms. The van der Waals surface area contributed by atoms with Gasteiger partial charge in [-0.15, -0.1) is 0 Å². The van der Waals surface area contributed by atoms with Crippen molar-refractivity contribution in [2.45, 2.75) is 69.0 Å². The van der Waals surface area contributed by atoms with E-state index in [-0.39, 0.29) is 22.3 Å². The lowest BCUT2D eigenvalue weighted by molar-refractivity contribution is -0.249. The summed E-state index contributed by atoms with van der Waals surface area (Å²) >= 11 is 0. The number of phenols is 2. The lowest BCUT2D eigenvalue weighted by atomic mass is 9.72. The predicted octanol–water partition coefficient (Wildman–Crippen LogP) is 3.46. The monoisotopic (exact) mass is 760 g/mol. The number of carbonyl (C=O) groups excluding carboxylic acids is 4. The summed E-state index contributed by atoms with van der Waals surface area (Å²) in [7, 11) is 0. The molecule has 0 aromatic heterocycles. The number of hydrogen-bond donors (Lipinski definition) is 6. The first-order valence-corrected chi connectivity index (χ1v) is 16.0. The number of amides is 1. The minimum atomic E-state index is -2.45. The third-order valence-electron chi connectivity index (χ3n) is 9.59. The van der Waals surface area contributed by atoms with Crippen molar-refractivity contribution in [3.05, 3.63) is 96.9 Å². The van der Waals surface area contributed by atoms with E-state index < -0.39 is 149 Å². The summed E-state index contributed by atoms with van der Waals surface area (Å²) in [4.78, 5) is 54.6. The summed E-state index contributed by atoms with van der Waals surface area (Å²) in [5, 5.41) is 59.6. The molecule has 3 aromatic carbocycles. The highest BCUT2D eigenvalue weighted by Crippen LogP contribution is 2.52. The van der Waals surface area contributed by atoms with Gasteiger partial charge < -0.3 is 45.1 Å². The molecule has 0 saturated carbocycles. The van der Waals surface area contributed by atoms with E-state index >= 15 is 0 Å². The standard InChI is InChI=1S/C34H28F4N4O12/c1-11-28(45)16(40-33(50)52-10-15-23(35)25(37)27(41-42-39)26(38)24(15)36)6-19(53-11)54-17-8-34(51,18(44)9-43)7-14-20(17)32(49)22-21(31(14)48)29(46)12-4-2-3-5-13(12)30(22)47/h2-5,11,16-17,19,28,43,45,48-49,51H,6-10H2,1H3,(H,40,50)/t11-,16-,17-,19-,28+,34-/m0/s1. The second-order valence-corrected chi connectivity index (χ2v) is 12.8. The molecule has 1 fully saturated rings. The molecule has 1 amide bonds. The first-order valence-electron chi connectivity index (χ1n) is 16.0. The number of halogens is 4. The number of nitrogens with one attached hydrogen (secondary N) is 1. The molecule has 6 rings (SSSR count). The van der Waals surface area contributed by atoms with Crippen LogP contribution < -0.4 is 5.32 Å². The maximum Gasteiger partial charge on any atom is 0.407 e. The van der Waals surface area contributed by atoms with Crippen molar-refractivity contribution < 1.29 is 76.5 Å². The maximum atomic E-state index is 14.4. The summed E-state index contributed by atoms with van der Waals surface area (Å²) in [6, 6.07) is 4.29. The van der Waals surface area contributed by atoms with Crippen molar-refractivity contribution in [1.29, 1.82) is 0 Å². The highest BCUT2D eigenvalue weighted by molar-refractivity contribution is 6.30. The molecule has 20 heteroatoms. The molecule has 0 spiro atoms. The molecule has 0 radical (unpaired) electrons. The summed E-state index contributed by atoms with van der Waals surface area (Å²) < 4.78 is 73.7. The van der Waals surface area contributed by atoms with Gasteiger partial charge >= 0.3 is 6.09 Å². The van der Waals surface area contributed by atoms with Crippen LogP contribution in [0.15, 0.2) is 29.4 Å². The van der Waals surface area contributed by atoms with Gasteiger partial charge in [-0.3, -0.25) is 14.4 Å². The van der Waals surface area contributed by atoms with Gasteiger partial charge in [-0.05, 0) is 12.5 Å². The fourth-order valence-electron chi connectivity index (χ4n) is 6.88. The van der Waals surface area contributed by atoms with Gasteiger partial charge in [0.15, 0.2) is 46.9 Å². The average Bonchev–Trinajstić information content (AvgIpc) is 3.14. The molecule has 3 aliphatic rings. The summed E-state index contributed by atoms with van der Waals surface area (Å²) in [5.74, 6) is -12.5. The minimum Gasteiger partial charge on any atom is -0.507 e. The molecule has 284 valence electrons. The van der Waals surface area contributed by atoms with Crippen LogP contribution >= 0.6 is 0 Å². The van der Waals surface area contributed by atoms with Gasteiger partial charge in [0.1, 0.15) is 42.1 Å². The van der Waals surface area contributed by atoms with Gasteiger partial charge in [0.25, 0.3) is 0 Å². The van der Waals surface area contributed by atoms with Crippen molar-refractivity contribution >= 4 is 29.1 Å². The number of alkyl carbamates (subject to hydrolysis) is 1. The topological polar surface area (TPSA) is 258 Å². The van der Waals surface area contributed by atoms with Gasteiger partial charge in [0.05, 0.1) is 34.9 Å². The number of azide groups is 1. The normalized spacial score (nSPS) is 24.5. The fraction of sp³-hybridized carbons (Fsp3) is 0.353. The van der Waals surface area contributed by atoms with Gasteiger partial charge in [-0.2, -0.15) is 0 Å². The molecular weight excluding hydrogens is 732 g/mol. The van der Waals surface area contributed by atoms with E-state index in [2.05, 4.69) is 15.3 Å². The minimum absolute atomic E-state index is 0.0740. The Bertz CT molecular complexity index is 2150. The van der Waals surface area contributed by atoms with Gasteiger partial charge in [-0.25, -0.2) is 22.4 Å². The number of hydrogen-bond acceptors (Lipinski definition) is 13. The second-order valence-electron chi connectivity index (χ2n) is 12.8. The van der Waals surface area contributed by atoms with Crippen LogP contribution in [0, 0.1) is 23.3 Å². The Balaban J connectivity index is 1.28. The Morgan fingerprint density at radius 1 is 1.04 bits per heavy atom. The third-order valence-corrected chi connectivity index (χ3v) is 9.59. The maximum absolute atomic E-state index is 14.4. The number of phenolic OH excluding ortho intramolecular Hbond substituents is 2. The van der Waals surface area contributed by atoms with E-state index in [9.17, 15) is 62.3 Å². The quantitative estimate of drug-likeness (QED) is 0.0377. The van der Waals surface area contributed by atoms with Crippen LogP contribution in [0.2, 0.25) is 0 Å². The van der Waals surface area contributed by atoms with Crippen LogP contribution in [0.3, 0.4) is 0 Å². The number of aromatic hydroxyl groups is 2. The van der Waals surface area contributed by atoms with E-state index in [1.807, 2.05) is 0 Å². The zero-order valence-electron chi connectivity index (χ0n) is 27.7. The highest BCUT2D eigenvalue weighted by atomic mass is 19.2. The molecule has 1 aliphatic heterocycles. The number of nitrogens with zero attached hydrogens (tertiary/aromatic N) is 3. The summed E-state index contributed by atoms with van der Waals surface area (Å²) in [5.41, 5.74) is 1.04. The smallest absolute Gasteiger partial charge is 0.407 e. The lowest BCUT2D eigenvalue weighted by Crippen LogP contribution is -2.56. The van der Waals surface area contributed by atoms with Gasteiger partial charge in [0.2, 0.25) is 0 Å². The second kappa shape index (κ2) is 14.3. The third kappa shape index (κ3) is 6.27. The molecule has 0 bridgehead atoms. The summed E-state index contributed by atoms with van der Waals surface area (Å²) in [6.45, 7) is -1.19. The van der Waals surface area contributed by atoms with Gasteiger partial charge in [-0.1, -0.05) is 29.4 Å². The highest BCUT2D eigenvalue weighted by Gasteiger charge is 2.50. The van der Waals surface area contributed by atoms with E-state index in [0.717, 1.165) is 0 Å². The van der Waals surface area contributed by atoms with Crippen molar-refractivity contribution in [3.8, 4) is 11.5 Å². The van der Waals surface area contributed by atoms with Crippen LogP contribution in [0.4, 0.5) is 28.0 Å². The van der Waals surface area contributed by atoms with E-state index in [1.54, 1.807) is 0 Å². The molecular formula is C34H28F4N4O12. The first-order chi connectivity index (χ1) is 25.5. The molecule has 3 aromatic rings. The van der Waals surface area contributed by atoms with Crippen LogP contribution in [0.1, 0.15) is 74.4 Å². The van der Waals surface area contributed by atoms with Crippen molar-refractivity contribution in [1.82, 2.24) is 5.32 Å². The number of aliphatic hydroxyl groups is 3. The molecule has 16 nitrogen and oxygen atoms in total. The molecule has 2 aliphatic carbocycles. The van der Waals surface area contributed by atoms with Gasteiger partial charge in [0, 0.05) is 46.4 Å². The fourth-order valence-corrected chi connectivity index (χ4v) is 6.88. The number of fused-ring (bicyclic) bond motifs is 3. The molecule has 1 heterocycles. The van der Waals surface area contributed by atoms with E-state index in [1.165, 1.54) is 31.2 Å². The lowest BCUT2D eigenvalue weighted by Gasteiger charge is -2.42. The largest absolute Gasteiger partial charge is 0.507 e. The van der Waals surface area contributed by atoms with E-state index in [4.69, 9.17) is 19.7 Å². The number of Topliss-reactive ketones (excluding diaryl/α,β-unsaturated/α-hetero) is 1. The van der Waals surface area contributed by atoms with E-state index in [0.29, 0.717) is 0 Å². The Labute approximate surface area is 300 Å². The average molecular weight is 761 g/mol. The Kier molecular flexibility index (Phi) is 10.1. The molecule has 0 unspecified atom stereocenters. The molecule has 6 N–H and O–H groups in total. The van der Waals surface area contributed by atoms with Crippen molar-refractivity contribution in [2.75, 3.05) is 6.61 Å². The number of ether oxygens (including phenoxy) is 3. The van der Waals surface area contributed by atoms with Crippen LogP contribution in [0.5, 0.6) is 11.5 Å². The zero-order valence-corrected chi connectivity index (χ0v) is 27.7. The SMILES string of the molecule is C[C@@H]1O[C@@H](O[C@H]2C[C@](O)(C(=O)CO)Cc3c(O)c4c(c(O)c32)C(=O)c2ccccc2C4=O)C[C@H](NC(=O)OCc2c(F)c(F)c(N=[N+]=[N-])c(F)c2F)[C@@H]1O. The number of ketones is 3. The Hall–Kier alpha value is -5.63. The zero-order chi connectivity index (χ0) is 39.4.